The van der Waals surface area contributed by atoms with Gasteiger partial charge in [-0.05, 0) is 24.1 Å². The SMILES string of the molecule is NC1(c2ccc(OC(F)(F)F)cc2)CCOC1. The zero-order chi connectivity index (χ0) is 12.5. The second-order valence-corrected chi connectivity index (χ2v) is 4.03. The van der Waals surface area contributed by atoms with Crippen molar-refractivity contribution in [2.45, 2.75) is 18.3 Å². The van der Waals surface area contributed by atoms with Crippen LogP contribution < -0.4 is 10.5 Å². The zero-order valence-corrected chi connectivity index (χ0v) is 8.96. The Balaban J connectivity index is 2.13. The van der Waals surface area contributed by atoms with Crippen molar-refractivity contribution in [3.05, 3.63) is 29.8 Å². The minimum atomic E-state index is -4.67. The first-order valence-corrected chi connectivity index (χ1v) is 5.12. The van der Waals surface area contributed by atoms with Gasteiger partial charge in [0, 0.05) is 6.61 Å². The molecule has 1 unspecified atom stereocenters. The standard InChI is InChI=1S/C11H12F3NO2/c12-11(13,14)17-9-3-1-8(2-4-9)10(15)5-6-16-7-10/h1-4H,5-7,15H2. The highest BCUT2D eigenvalue weighted by molar-refractivity contribution is 5.32. The molecule has 1 heterocycles. The monoisotopic (exact) mass is 247 g/mol. The number of halogens is 3. The van der Waals surface area contributed by atoms with Crippen molar-refractivity contribution in [2.24, 2.45) is 5.73 Å². The molecule has 6 heteroatoms. The summed E-state index contributed by atoms with van der Waals surface area (Å²) in [7, 11) is 0. The molecule has 0 amide bonds. The van der Waals surface area contributed by atoms with Crippen molar-refractivity contribution in [2.75, 3.05) is 13.2 Å². The maximum atomic E-state index is 12.0. The van der Waals surface area contributed by atoms with Crippen LogP contribution >= 0.6 is 0 Å². The van der Waals surface area contributed by atoms with E-state index in [1.165, 1.54) is 24.3 Å². The van der Waals surface area contributed by atoms with Crippen LogP contribution in [0.3, 0.4) is 0 Å². The maximum Gasteiger partial charge on any atom is 0.573 e. The Labute approximate surface area is 96.3 Å². The average Bonchev–Trinajstić information content (AvgIpc) is 2.65. The molecule has 1 aromatic carbocycles. The first kappa shape index (κ1) is 12.2. The number of alkyl halides is 3. The molecule has 0 saturated carbocycles. The first-order valence-electron chi connectivity index (χ1n) is 5.12. The van der Waals surface area contributed by atoms with Gasteiger partial charge in [-0.2, -0.15) is 0 Å². The van der Waals surface area contributed by atoms with Gasteiger partial charge in [0.15, 0.2) is 0 Å². The largest absolute Gasteiger partial charge is 0.573 e. The van der Waals surface area contributed by atoms with E-state index in [-0.39, 0.29) is 5.75 Å². The molecule has 2 rings (SSSR count). The van der Waals surface area contributed by atoms with Gasteiger partial charge in [-0.1, -0.05) is 12.1 Å². The van der Waals surface area contributed by atoms with Crippen molar-refractivity contribution in [1.29, 1.82) is 0 Å². The predicted molar refractivity (Wildman–Crippen MR) is 54.4 cm³/mol. The number of hydrogen-bond acceptors (Lipinski definition) is 3. The third-order valence-corrected chi connectivity index (χ3v) is 2.71. The molecule has 3 nitrogen and oxygen atoms in total. The van der Waals surface area contributed by atoms with Crippen LogP contribution in [0.25, 0.3) is 0 Å². The highest BCUT2D eigenvalue weighted by Gasteiger charge is 2.33. The van der Waals surface area contributed by atoms with E-state index in [1.807, 2.05) is 0 Å². The molecule has 0 radical (unpaired) electrons. The summed E-state index contributed by atoms with van der Waals surface area (Å²) in [5, 5.41) is 0. The summed E-state index contributed by atoms with van der Waals surface area (Å²) in [6.07, 6.45) is -4.01. The molecule has 1 aliphatic heterocycles. The first-order chi connectivity index (χ1) is 7.89. The molecule has 0 spiro atoms. The normalized spacial score (nSPS) is 24.9. The second-order valence-electron chi connectivity index (χ2n) is 4.03. The van der Waals surface area contributed by atoms with E-state index < -0.39 is 11.9 Å². The molecule has 1 fully saturated rings. The fraction of sp³-hybridized carbons (Fsp3) is 0.455. The summed E-state index contributed by atoms with van der Waals surface area (Å²) in [6, 6.07) is 5.59. The zero-order valence-electron chi connectivity index (χ0n) is 8.96. The van der Waals surface area contributed by atoms with E-state index in [4.69, 9.17) is 10.5 Å². The van der Waals surface area contributed by atoms with Crippen molar-refractivity contribution in [3.63, 3.8) is 0 Å². The minimum absolute atomic E-state index is 0.247. The molecule has 94 valence electrons. The van der Waals surface area contributed by atoms with E-state index in [0.29, 0.717) is 19.6 Å². The summed E-state index contributed by atoms with van der Waals surface area (Å²) >= 11 is 0. The van der Waals surface area contributed by atoms with Crippen LogP contribution in [0.1, 0.15) is 12.0 Å². The van der Waals surface area contributed by atoms with Gasteiger partial charge in [0.1, 0.15) is 5.75 Å². The van der Waals surface area contributed by atoms with Crippen LogP contribution in [0.15, 0.2) is 24.3 Å². The van der Waals surface area contributed by atoms with Gasteiger partial charge in [0.25, 0.3) is 0 Å². The molecule has 0 aromatic heterocycles. The highest BCUT2D eigenvalue weighted by atomic mass is 19.4. The number of ether oxygens (including phenoxy) is 2. The van der Waals surface area contributed by atoms with Crippen molar-refractivity contribution in [1.82, 2.24) is 0 Å². The second kappa shape index (κ2) is 4.19. The maximum absolute atomic E-state index is 12.0. The lowest BCUT2D eigenvalue weighted by atomic mass is 9.90. The number of hydrogen-bond donors (Lipinski definition) is 1. The molecule has 1 atom stereocenters. The Morgan fingerprint density at radius 2 is 1.88 bits per heavy atom. The van der Waals surface area contributed by atoms with E-state index in [0.717, 1.165) is 5.56 Å². The van der Waals surface area contributed by atoms with Gasteiger partial charge in [-0.3, -0.25) is 0 Å². The summed E-state index contributed by atoms with van der Waals surface area (Å²) in [5.41, 5.74) is 6.22. The Bertz CT molecular complexity index is 383. The lowest BCUT2D eigenvalue weighted by Gasteiger charge is -2.22. The lowest BCUT2D eigenvalue weighted by Crippen LogP contribution is -2.36. The van der Waals surface area contributed by atoms with Gasteiger partial charge >= 0.3 is 6.36 Å². The summed E-state index contributed by atoms with van der Waals surface area (Å²) in [6.45, 7) is 0.948. The van der Waals surface area contributed by atoms with Crippen molar-refractivity contribution < 1.29 is 22.6 Å². The molecule has 17 heavy (non-hydrogen) atoms. The van der Waals surface area contributed by atoms with Crippen molar-refractivity contribution in [3.8, 4) is 5.75 Å². The Hall–Kier alpha value is -1.27. The highest BCUT2D eigenvalue weighted by Crippen LogP contribution is 2.30. The number of rotatable bonds is 2. The summed E-state index contributed by atoms with van der Waals surface area (Å²) in [5.74, 6) is -0.247. The van der Waals surface area contributed by atoms with E-state index >= 15 is 0 Å². The minimum Gasteiger partial charge on any atom is -0.406 e. The van der Waals surface area contributed by atoms with Crippen LogP contribution in [0, 0.1) is 0 Å². The molecule has 0 aliphatic carbocycles. The fourth-order valence-corrected chi connectivity index (χ4v) is 1.80. The average molecular weight is 247 g/mol. The Morgan fingerprint density at radius 1 is 1.24 bits per heavy atom. The van der Waals surface area contributed by atoms with Crippen LogP contribution in [-0.2, 0) is 10.3 Å². The molecule has 1 aromatic rings. The van der Waals surface area contributed by atoms with Crippen LogP contribution in [-0.4, -0.2) is 19.6 Å². The van der Waals surface area contributed by atoms with E-state index in [9.17, 15) is 13.2 Å². The van der Waals surface area contributed by atoms with Gasteiger partial charge in [0.2, 0.25) is 0 Å². The molecule has 1 aliphatic rings. The summed E-state index contributed by atoms with van der Waals surface area (Å²) in [4.78, 5) is 0. The predicted octanol–water partition coefficient (Wildman–Crippen LogP) is 2.16. The van der Waals surface area contributed by atoms with Crippen LogP contribution in [0.2, 0.25) is 0 Å². The van der Waals surface area contributed by atoms with Crippen LogP contribution in [0.5, 0.6) is 5.75 Å². The van der Waals surface area contributed by atoms with Crippen molar-refractivity contribution >= 4 is 0 Å². The third kappa shape index (κ3) is 2.89. The number of nitrogens with two attached hydrogens (primary N) is 1. The van der Waals surface area contributed by atoms with Gasteiger partial charge in [-0.25, -0.2) is 0 Å². The quantitative estimate of drug-likeness (QED) is 0.871. The molecular weight excluding hydrogens is 235 g/mol. The molecule has 1 saturated heterocycles. The van der Waals surface area contributed by atoms with Crippen LogP contribution in [0.4, 0.5) is 13.2 Å². The molecule has 0 bridgehead atoms. The van der Waals surface area contributed by atoms with E-state index in [2.05, 4.69) is 4.74 Å². The smallest absolute Gasteiger partial charge is 0.406 e. The van der Waals surface area contributed by atoms with Gasteiger partial charge < -0.3 is 15.2 Å². The Kier molecular flexibility index (Phi) is 3.01. The molecule has 2 N–H and O–H groups in total. The third-order valence-electron chi connectivity index (χ3n) is 2.71. The van der Waals surface area contributed by atoms with Gasteiger partial charge in [0.05, 0.1) is 12.1 Å². The molecular formula is C11H12F3NO2. The lowest BCUT2D eigenvalue weighted by molar-refractivity contribution is -0.274. The van der Waals surface area contributed by atoms with E-state index in [1.54, 1.807) is 0 Å². The fourth-order valence-electron chi connectivity index (χ4n) is 1.80. The topological polar surface area (TPSA) is 44.5 Å². The Morgan fingerprint density at radius 3 is 2.35 bits per heavy atom. The van der Waals surface area contributed by atoms with Gasteiger partial charge in [-0.15, -0.1) is 13.2 Å². The summed E-state index contributed by atoms with van der Waals surface area (Å²) < 4.78 is 44.8. The number of benzene rings is 1.